The first-order chi connectivity index (χ1) is 14.9. The second-order valence-corrected chi connectivity index (χ2v) is 7.52. The zero-order valence-corrected chi connectivity index (χ0v) is 17.8. The Bertz CT molecular complexity index is 1390. The number of halogens is 2. The molecule has 0 amide bonds. The van der Waals surface area contributed by atoms with Crippen LogP contribution in [0.4, 0.5) is 8.78 Å². The number of hydrogen-bond acceptors (Lipinski definition) is 3. The number of aryl methyl sites for hydroxylation is 2. The summed E-state index contributed by atoms with van der Waals surface area (Å²) >= 11 is 0. The molecular weight excluding hydrogens is 394 g/mol. The van der Waals surface area contributed by atoms with E-state index in [1.807, 2.05) is 45.0 Å². The van der Waals surface area contributed by atoms with Gasteiger partial charge in [0.1, 0.15) is 17.2 Å². The van der Waals surface area contributed by atoms with E-state index in [4.69, 9.17) is 4.42 Å². The molecule has 0 bridgehead atoms. The number of rotatable bonds is 4. The van der Waals surface area contributed by atoms with Gasteiger partial charge in [0.15, 0.2) is 0 Å². The van der Waals surface area contributed by atoms with E-state index in [1.165, 1.54) is 12.1 Å². The van der Waals surface area contributed by atoms with E-state index >= 15 is 0 Å². The van der Waals surface area contributed by atoms with Crippen LogP contribution in [0, 0.1) is 25.5 Å². The first-order valence-corrected chi connectivity index (χ1v) is 9.95. The maximum Gasteiger partial charge on any atom is 0.227 e. The molecule has 0 atom stereocenters. The van der Waals surface area contributed by atoms with E-state index in [0.717, 1.165) is 44.8 Å². The molecule has 0 aliphatic carbocycles. The van der Waals surface area contributed by atoms with Gasteiger partial charge in [0.05, 0.1) is 0 Å². The topological polar surface area (TPSA) is 38.4 Å². The summed E-state index contributed by atoms with van der Waals surface area (Å²) in [5.41, 5.74) is 6.08. The van der Waals surface area contributed by atoms with Gasteiger partial charge in [0.2, 0.25) is 5.71 Å². The van der Waals surface area contributed by atoms with Gasteiger partial charge in [0.25, 0.3) is 0 Å². The van der Waals surface area contributed by atoms with Crippen LogP contribution in [-0.2, 0) is 0 Å². The Morgan fingerprint density at radius 1 is 1.00 bits per heavy atom. The van der Waals surface area contributed by atoms with Gasteiger partial charge in [-0.15, -0.1) is 0 Å². The van der Waals surface area contributed by atoms with Crippen LogP contribution >= 0.6 is 0 Å². The first-order valence-electron chi connectivity index (χ1n) is 9.95. The van der Waals surface area contributed by atoms with Crippen LogP contribution < -0.4 is 0 Å². The van der Waals surface area contributed by atoms with Crippen LogP contribution in [0.3, 0.4) is 0 Å². The summed E-state index contributed by atoms with van der Waals surface area (Å²) in [4.78, 5) is 8.53. The van der Waals surface area contributed by atoms with Gasteiger partial charge < -0.3 is 4.42 Å². The Morgan fingerprint density at radius 2 is 1.77 bits per heavy atom. The van der Waals surface area contributed by atoms with Crippen LogP contribution in [0.5, 0.6) is 0 Å². The van der Waals surface area contributed by atoms with Crippen LogP contribution in [0.2, 0.25) is 0 Å². The van der Waals surface area contributed by atoms with Crippen molar-refractivity contribution < 1.29 is 13.2 Å². The van der Waals surface area contributed by atoms with Crippen LogP contribution in [0.25, 0.3) is 33.2 Å². The molecular formula is C26H22F2N2O. The summed E-state index contributed by atoms with van der Waals surface area (Å²) < 4.78 is 33.8. The van der Waals surface area contributed by atoms with Crippen molar-refractivity contribution in [1.29, 1.82) is 0 Å². The van der Waals surface area contributed by atoms with E-state index in [-0.39, 0.29) is 5.56 Å². The third-order valence-corrected chi connectivity index (χ3v) is 5.27. The van der Waals surface area contributed by atoms with Gasteiger partial charge in [0, 0.05) is 52.5 Å². The SMILES string of the molecule is C/N=C/C(=C\C=C(/C)c1c(C)ccc2c1oc1nc(C)ccc12)c1ccc(F)cc1F. The van der Waals surface area contributed by atoms with Crippen molar-refractivity contribution in [3.05, 3.63) is 88.6 Å². The molecule has 31 heavy (non-hydrogen) atoms. The quantitative estimate of drug-likeness (QED) is 0.264. The number of allylic oxidation sites excluding steroid dienone is 4. The van der Waals surface area contributed by atoms with Gasteiger partial charge >= 0.3 is 0 Å². The average Bonchev–Trinajstić information content (AvgIpc) is 3.08. The number of nitrogens with zero attached hydrogens (tertiary/aromatic N) is 2. The lowest BCUT2D eigenvalue weighted by Gasteiger charge is -2.07. The Kier molecular flexibility index (Phi) is 5.51. The molecule has 0 unspecified atom stereocenters. The third kappa shape index (κ3) is 3.91. The average molecular weight is 416 g/mol. The minimum atomic E-state index is -0.630. The molecule has 156 valence electrons. The second kappa shape index (κ2) is 8.26. The highest BCUT2D eigenvalue weighted by molar-refractivity contribution is 6.11. The number of aromatic nitrogens is 1. The summed E-state index contributed by atoms with van der Waals surface area (Å²) in [5, 5.41) is 1.97. The predicted octanol–water partition coefficient (Wildman–Crippen LogP) is 7.06. The Morgan fingerprint density at radius 3 is 2.52 bits per heavy atom. The van der Waals surface area contributed by atoms with Gasteiger partial charge in [-0.3, -0.25) is 4.99 Å². The van der Waals surface area contributed by atoms with Crippen LogP contribution in [-0.4, -0.2) is 18.2 Å². The third-order valence-electron chi connectivity index (χ3n) is 5.27. The lowest BCUT2D eigenvalue weighted by molar-refractivity contribution is 0.581. The number of furan rings is 1. The van der Waals surface area contributed by atoms with Gasteiger partial charge in [-0.2, -0.15) is 0 Å². The van der Waals surface area contributed by atoms with Crippen LogP contribution in [0.1, 0.15) is 29.3 Å². The van der Waals surface area contributed by atoms with Crippen molar-refractivity contribution in [2.24, 2.45) is 4.99 Å². The highest BCUT2D eigenvalue weighted by atomic mass is 19.1. The highest BCUT2D eigenvalue weighted by Crippen LogP contribution is 2.35. The molecule has 2 aromatic carbocycles. The lowest BCUT2D eigenvalue weighted by atomic mass is 9.97. The molecule has 0 saturated heterocycles. The summed E-state index contributed by atoms with van der Waals surface area (Å²) in [6, 6.07) is 11.6. The number of fused-ring (bicyclic) bond motifs is 3. The molecule has 5 heteroatoms. The maximum atomic E-state index is 14.3. The first kappa shape index (κ1) is 20.7. The molecule has 4 rings (SSSR count). The Labute approximate surface area is 179 Å². The van der Waals surface area contributed by atoms with Crippen molar-refractivity contribution in [2.75, 3.05) is 7.05 Å². The normalized spacial score (nSPS) is 13.1. The molecule has 0 aliphatic heterocycles. The zero-order chi connectivity index (χ0) is 22.1. The van der Waals surface area contributed by atoms with E-state index < -0.39 is 11.6 Å². The Hall–Kier alpha value is -3.60. The predicted molar refractivity (Wildman–Crippen MR) is 123 cm³/mol. The molecule has 0 aliphatic rings. The summed E-state index contributed by atoms with van der Waals surface area (Å²) in [5.74, 6) is -1.24. The van der Waals surface area contributed by atoms with Crippen molar-refractivity contribution in [3.63, 3.8) is 0 Å². The monoisotopic (exact) mass is 416 g/mol. The van der Waals surface area contributed by atoms with Crippen molar-refractivity contribution in [1.82, 2.24) is 4.98 Å². The van der Waals surface area contributed by atoms with Crippen molar-refractivity contribution in [2.45, 2.75) is 20.8 Å². The minimum Gasteiger partial charge on any atom is -0.437 e. The molecule has 3 nitrogen and oxygen atoms in total. The molecule has 0 spiro atoms. The number of hydrogen-bond donors (Lipinski definition) is 0. The van der Waals surface area contributed by atoms with E-state index in [2.05, 4.69) is 16.0 Å². The largest absolute Gasteiger partial charge is 0.437 e. The van der Waals surface area contributed by atoms with Crippen molar-refractivity contribution in [3.8, 4) is 0 Å². The summed E-state index contributed by atoms with van der Waals surface area (Å²) in [6.07, 6.45) is 5.23. The standard InChI is InChI=1S/C26H22F2N2O/c1-15(5-8-18(14-29-4)20-12-9-19(27)13-23(20)28)24-16(2)6-10-21-22-11-7-17(3)30-26(22)31-25(21)24/h5-14H,1-4H3/b15-5+,18-8+,29-14+. The van der Waals surface area contributed by atoms with Gasteiger partial charge in [-0.25, -0.2) is 13.8 Å². The smallest absolute Gasteiger partial charge is 0.227 e. The summed E-state index contributed by atoms with van der Waals surface area (Å²) in [7, 11) is 1.61. The molecule has 2 aromatic heterocycles. The highest BCUT2D eigenvalue weighted by Gasteiger charge is 2.15. The fourth-order valence-corrected chi connectivity index (χ4v) is 3.76. The molecule has 0 saturated carbocycles. The molecule has 0 radical (unpaired) electrons. The molecule has 4 aromatic rings. The van der Waals surface area contributed by atoms with E-state index in [9.17, 15) is 8.78 Å². The lowest BCUT2D eigenvalue weighted by Crippen LogP contribution is -1.93. The second-order valence-electron chi connectivity index (χ2n) is 7.52. The Balaban J connectivity index is 1.86. The van der Waals surface area contributed by atoms with E-state index in [1.54, 1.807) is 19.3 Å². The van der Waals surface area contributed by atoms with Gasteiger partial charge in [-0.05, 0) is 56.2 Å². The van der Waals surface area contributed by atoms with E-state index in [0.29, 0.717) is 11.3 Å². The fraction of sp³-hybridized carbons (Fsp3) is 0.154. The molecule has 2 heterocycles. The summed E-state index contributed by atoms with van der Waals surface area (Å²) in [6.45, 7) is 5.93. The molecule has 0 N–H and O–H groups in total. The van der Waals surface area contributed by atoms with Gasteiger partial charge in [-0.1, -0.05) is 24.3 Å². The number of benzene rings is 2. The fourth-order valence-electron chi connectivity index (χ4n) is 3.76. The number of pyridine rings is 1. The van der Waals surface area contributed by atoms with Crippen molar-refractivity contribution >= 4 is 39.4 Å². The molecule has 0 fully saturated rings. The maximum absolute atomic E-state index is 14.3. The number of aliphatic imine (C=N–C) groups is 1. The zero-order valence-electron chi connectivity index (χ0n) is 17.8. The van der Waals surface area contributed by atoms with Crippen LogP contribution in [0.15, 0.2) is 64.0 Å². The minimum absolute atomic E-state index is 0.286.